The van der Waals surface area contributed by atoms with E-state index < -0.39 is 11.9 Å². The number of para-hydroxylation sites is 1. The Bertz CT molecular complexity index is 1060. The molecule has 0 aliphatic heterocycles. The third-order valence-electron chi connectivity index (χ3n) is 4.40. The Morgan fingerprint density at radius 3 is 2.64 bits per heavy atom. The van der Waals surface area contributed by atoms with Crippen LogP contribution in [0.4, 0.5) is 0 Å². The van der Waals surface area contributed by atoms with Gasteiger partial charge in [-0.15, -0.1) is 0 Å². The number of ether oxygens (including phenoxy) is 1. The second-order valence-corrected chi connectivity index (χ2v) is 6.54. The lowest BCUT2D eigenvalue weighted by atomic mass is 10.1. The normalized spacial score (nSPS) is 12.1. The van der Waals surface area contributed by atoms with E-state index >= 15 is 0 Å². The molecule has 0 bridgehead atoms. The molecule has 0 fully saturated rings. The molecule has 1 unspecified atom stereocenters. The van der Waals surface area contributed by atoms with Gasteiger partial charge in [-0.25, -0.2) is 0 Å². The maximum atomic E-state index is 12.9. The van der Waals surface area contributed by atoms with Crippen LogP contribution < -0.4 is 15.5 Å². The summed E-state index contributed by atoms with van der Waals surface area (Å²) in [7, 11) is 0. The highest BCUT2D eigenvalue weighted by atomic mass is 16.5. The van der Waals surface area contributed by atoms with E-state index in [1.807, 2.05) is 6.07 Å². The smallest absolute Gasteiger partial charge is 0.307 e. The molecule has 3 aromatic rings. The Hall–Kier alpha value is -3.32. The van der Waals surface area contributed by atoms with Crippen molar-refractivity contribution in [2.45, 2.75) is 20.4 Å². The summed E-state index contributed by atoms with van der Waals surface area (Å²) in [5, 5.41) is 22.4. The average molecular weight is 385 g/mol. The third kappa shape index (κ3) is 3.99. The fourth-order valence-electron chi connectivity index (χ4n) is 2.79. The van der Waals surface area contributed by atoms with Gasteiger partial charge in [0, 0.05) is 14.5 Å². The summed E-state index contributed by atoms with van der Waals surface area (Å²) in [5.41, 5.74) is 0.294. The van der Waals surface area contributed by atoms with Gasteiger partial charge in [-0.05, 0) is 31.2 Å². The molecule has 3 rings (SSSR count). The van der Waals surface area contributed by atoms with Crippen molar-refractivity contribution in [3.05, 3.63) is 64.0 Å². The van der Waals surface area contributed by atoms with Crippen molar-refractivity contribution in [2.24, 2.45) is 5.92 Å². The lowest BCUT2D eigenvalue weighted by Gasteiger charge is -2.13. The number of rotatable bonds is 7. The zero-order chi connectivity index (χ0) is 20.3. The number of nitrogens with one attached hydrogen (secondary N) is 1. The van der Waals surface area contributed by atoms with Gasteiger partial charge in [0.25, 0.3) is 0 Å². The minimum absolute atomic E-state index is 0. The van der Waals surface area contributed by atoms with Crippen molar-refractivity contribution in [3.63, 3.8) is 0 Å². The van der Waals surface area contributed by atoms with Crippen LogP contribution in [-0.2, 0) is 11.3 Å². The van der Waals surface area contributed by atoms with Crippen LogP contribution in [0.25, 0.3) is 11.0 Å². The number of aryl methyl sites for hydroxylation is 1. The average Bonchev–Trinajstić information content (AvgIpc) is 2.67. The van der Waals surface area contributed by atoms with Gasteiger partial charge in [0.15, 0.2) is 0 Å². The number of carbonyl (C=O) groups is 1. The van der Waals surface area contributed by atoms with E-state index in [1.165, 1.54) is 12.1 Å². The lowest BCUT2D eigenvalue weighted by molar-refractivity contribution is -0.140. The number of carboxylic acids is 1. The molecular formula is C21H23NO6. The van der Waals surface area contributed by atoms with Crippen LogP contribution in [0.2, 0.25) is 0 Å². The molecule has 0 radical (unpaired) electrons. The minimum atomic E-state index is -0.917. The summed E-state index contributed by atoms with van der Waals surface area (Å²) >= 11 is 0. The van der Waals surface area contributed by atoms with Gasteiger partial charge in [0.1, 0.15) is 22.8 Å². The molecule has 7 heteroatoms. The predicted octanol–water partition coefficient (Wildman–Crippen LogP) is 3.66. The van der Waals surface area contributed by atoms with Crippen LogP contribution >= 0.6 is 0 Å². The Balaban J connectivity index is 0.00000300. The van der Waals surface area contributed by atoms with Gasteiger partial charge in [0.2, 0.25) is 11.2 Å². The van der Waals surface area contributed by atoms with E-state index in [1.54, 1.807) is 38.1 Å². The predicted molar refractivity (Wildman–Crippen MR) is 106 cm³/mol. The van der Waals surface area contributed by atoms with E-state index in [4.69, 9.17) is 14.3 Å². The second kappa shape index (κ2) is 8.14. The van der Waals surface area contributed by atoms with Gasteiger partial charge in [-0.2, -0.15) is 0 Å². The number of aliphatic carboxylic acids is 1. The Morgan fingerprint density at radius 2 is 1.96 bits per heavy atom. The molecule has 1 aromatic heterocycles. The quantitative estimate of drug-likeness (QED) is 0.569. The van der Waals surface area contributed by atoms with Gasteiger partial charge < -0.3 is 24.7 Å². The molecule has 7 nitrogen and oxygen atoms in total. The fourth-order valence-corrected chi connectivity index (χ4v) is 2.79. The first-order valence-electron chi connectivity index (χ1n) is 8.83. The first-order chi connectivity index (χ1) is 13.4. The lowest BCUT2D eigenvalue weighted by Crippen LogP contribution is -2.26. The number of hydrogen-bond acceptors (Lipinski definition) is 6. The highest BCUT2D eigenvalue weighted by molar-refractivity contribution is 5.83. The van der Waals surface area contributed by atoms with E-state index in [9.17, 15) is 14.7 Å². The molecule has 1 atom stereocenters. The molecule has 0 aliphatic carbocycles. The topological polar surface area (TPSA) is 109 Å². The number of carboxylic acid groups (broad SMARTS) is 1. The van der Waals surface area contributed by atoms with Crippen molar-refractivity contribution < 1.29 is 25.6 Å². The van der Waals surface area contributed by atoms with Gasteiger partial charge >= 0.3 is 5.97 Å². The van der Waals surface area contributed by atoms with Gasteiger partial charge in [-0.1, -0.05) is 25.1 Å². The third-order valence-corrected chi connectivity index (χ3v) is 4.40. The number of hydrogen-bond donors (Lipinski definition) is 3. The maximum absolute atomic E-state index is 12.9. The van der Waals surface area contributed by atoms with E-state index in [2.05, 4.69) is 5.32 Å². The van der Waals surface area contributed by atoms with Crippen LogP contribution in [0.3, 0.4) is 0 Å². The van der Waals surface area contributed by atoms with Crippen LogP contribution in [0.1, 0.15) is 19.7 Å². The fraction of sp³-hybridized carbons (Fsp3) is 0.238. The first-order valence-corrected chi connectivity index (χ1v) is 8.83. The number of aromatic hydroxyl groups is 1. The van der Waals surface area contributed by atoms with E-state index in [-0.39, 0.29) is 48.2 Å². The Kier molecular flexibility index (Phi) is 5.65. The highest BCUT2D eigenvalue weighted by Crippen LogP contribution is 2.30. The summed E-state index contributed by atoms with van der Waals surface area (Å²) in [6.45, 7) is 3.56. The molecule has 148 valence electrons. The SMILES string of the molecule is Cc1oc2c(CNCC(C)C(=O)O)c(O)ccc2c(=O)c1Oc1ccccc1.[HH]. The Morgan fingerprint density at radius 1 is 1.25 bits per heavy atom. The summed E-state index contributed by atoms with van der Waals surface area (Å²) in [6, 6.07) is 11.8. The molecule has 3 N–H and O–H groups in total. The summed E-state index contributed by atoms with van der Waals surface area (Å²) < 4.78 is 11.5. The van der Waals surface area contributed by atoms with Crippen molar-refractivity contribution in [2.75, 3.05) is 6.54 Å². The number of phenols is 1. The summed E-state index contributed by atoms with van der Waals surface area (Å²) in [4.78, 5) is 23.9. The van der Waals surface area contributed by atoms with Gasteiger partial charge in [-0.3, -0.25) is 9.59 Å². The Labute approximate surface area is 162 Å². The zero-order valence-electron chi connectivity index (χ0n) is 15.6. The number of benzene rings is 2. The second-order valence-electron chi connectivity index (χ2n) is 6.54. The van der Waals surface area contributed by atoms with E-state index in [0.717, 1.165) is 0 Å². The molecule has 0 spiro atoms. The van der Waals surface area contributed by atoms with Crippen molar-refractivity contribution in [1.82, 2.24) is 5.32 Å². The van der Waals surface area contributed by atoms with Crippen LogP contribution in [0.15, 0.2) is 51.7 Å². The van der Waals surface area contributed by atoms with Crippen LogP contribution in [0, 0.1) is 12.8 Å². The summed E-state index contributed by atoms with van der Waals surface area (Å²) in [6.07, 6.45) is 0. The van der Waals surface area contributed by atoms with Crippen molar-refractivity contribution in [3.8, 4) is 17.2 Å². The molecule has 2 aromatic carbocycles. The maximum Gasteiger partial charge on any atom is 0.307 e. The monoisotopic (exact) mass is 385 g/mol. The molecule has 1 heterocycles. The van der Waals surface area contributed by atoms with Gasteiger partial charge in [0.05, 0.1) is 16.9 Å². The molecule has 0 saturated carbocycles. The molecular weight excluding hydrogens is 362 g/mol. The first kappa shape index (κ1) is 19.4. The standard InChI is InChI=1S/C21H21NO6.H2/c1-12(21(25)26)10-22-11-16-17(23)9-8-15-18(24)19(13(2)27-20(15)16)28-14-6-4-3-5-7-14;/h3-9,12,22-23H,10-11H2,1-2H3,(H,25,26);1H. The molecule has 0 amide bonds. The molecule has 28 heavy (non-hydrogen) atoms. The number of phenolic OH excluding ortho intramolecular Hbond substituents is 1. The molecule has 0 aliphatic rings. The highest BCUT2D eigenvalue weighted by Gasteiger charge is 2.19. The van der Waals surface area contributed by atoms with Crippen LogP contribution in [-0.4, -0.2) is 22.7 Å². The van der Waals surface area contributed by atoms with E-state index in [0.29, 0.717) is 11.3 Å². The minimum Gasteiger partial charge on any atom is -0.507 e. The van der Waals surface area contributed by atoms with Crippen LogP contribution in [0.5, 0.6) is 17.2 Å². The largest absolute Gasteiger partial charge is 0.507 e. The zero-order valence-corrected chi connectivity index (χ0v) is 15.6. The van der Waals surface area contributed by atoms with Crippen molar-refractivity contribution in [1.29, 1.82) is 0 Å². The summed E-state index contributed by atoms with van der Waals surface area (Å²) in [5.74, 6) is -0.658. The number of fused-ring (bicyclic) bond motifs is 1. The van der Waals surface area contributed by atoms with Crippen molar-refractivity contribution >= 4 is 16.9 Å². The molecule has 0 saturated heterocycles.